The van der Waals surface area contributed by atoms with E-state index in [4.69, 9.17) is 11.6 Å². The number of fused-ring (bicyclic) bond motifs is 7. The van der Waals surface area contributed by atoms with Gasteiger partial charge < -0.3 is 5.32 Å². The van der Waals surface area contributed by atoms with Crippen LogP contribution in [-0.4, -0.2) is 35.2 Å². The summed E-state index contributed by atoms with van der Waals surface area (Å²) in [4.78, 5) is 44.2. The predicted octanol–water partition coefficient (Wildman–Crippen LogP) is 4.35. The molecule has 4 aliphatic heterocycles. The lowest BCUT2D eigenvalue weighted by molar-refractivity contribution is -0.137. The lowest BCUT2D eigenvalue weighted by atomic mass is 9.75. The standard InChI is InChI=1S/C25H21ClF3N3O3/c1-2-12-5-3-6-14-20(12)30-23(35)24(14)19-18(16-7-4-10-31(16)24)21(33)32(22(19)34)17-11-13(25(27,28)29)8-9-15(17)26/h3,5-6,8-9,11,16,18-19H,2,4,7,10H2,1H3,(H,30,35)/t16-,18-,19-,24-/m0/s1. The number of halogens is 4. The highest BCUT2D eigenvalue weighted by atomic mass is 35.5. The summed E-state index contributed by atoms with van der Waals surface area (Å²) in [5.41, 5.74) is -0.472. The Morgan fingerprint density at radius 1 is 1.14 bits per heavy atom. The van der Waals surface area contributed by atoms with E-state index in [9.17, 15) is 27.6 Å². The molecule has 0 saturated carbocycles. The van der Waals surface area contributed by atoms with Crippen molar-refractivity contribution in [2.45, 2.75) is 43.9 Å². The van der Waals surface area contributed by atoms with Crippen LogP contribution < -0.4 is 10.2 Å². The monoisotopic (exact) mass is 503 g/mol. The average Bonchev–Trinajstić information content (AvgIpc) is 3.52. The molecule has 35 heavy (non-hydrogen) atoms. The van der Waals surface area contributed by atoms with Crippen LogP contribution >= 0.6 is 11.6 Å². The number of hydrogen-bond acceptors (Lipinski definition) is 4. The summed E-state index contributed by atoms with van der Waals surface area (Å²) in [5, 5.41) is 2.83. The molecular formula is C25H21ClF3N3O3. The topological polar surface area (TPSA) is 69.7 Å². The van der Waals surface area contributed by atoms with Crippen LogP contribution in [0.4, 0.5) is 24.5 Å². The van der Waals surface area contributed by atoms with Gasteiger partial charge in [-0.15, -0.1) is 0 Å². The van der Waals surface area contributed by atoms with Gasteiger partial charge in [-0.25, -0.2) is 4.90 Å². The number of rotatable bonds is 2. The number of anilines is 2. The van der Waals surface area contributed by atoms with Crippen LogP contribution in [0, 0.1) is 11.8 Å². The first-order chi connectivity index (χ1) is 16.6. The zero-order valence-electron chi connectivity index (χ0n) is 18.7. The molecule has 0 radical (unpaired) electrons. The molecule has 4 heterocycles. The number of carbonyl (C=O) groups is 3. The molecule has 6 nitrogen and oxygen atoms in total. The number of carbonyl (C=O) groups excluding carboxylic acids is 3. The number of hydrogen-bond donors (Lipinski definition) is 1. The van der Waals surface area contributed by atoms with Gasteiger partial charge in [-0.3, -0.25) is 19.3 Å². The Balaban J connectivity index is 1.54. The molecule has 2 aromatic rings. The van der Waals surface area contributed by atoms with Crippen molar-refractivity contribution in [3.8, 4) is 0 Å². The minimum atomic E-state index is -4.68. The van der Waals surface area contributed by atoms with Crippen molar-refractivity contribution in [3.05, 3.63) is 58.1 Å². The van der Waals surface area contributed by atoms with E-state index in [-0.39, 0.29) is 22.7 Å². The third-order valence-corrected chi connectivity index (χ3v) is 8.33. The van der Waals surface area contributed by atoms with Crippen LogP contribution in [0.3, 0.4) is 0 Å². The molecule has 0 aromatic heterocycles. The molecule has 4 atom stereocenters. The number of alkyl halides is 3. The highest BCUT2D eigenvalue weighted by molar-refractivity contribution is 6.36. The molecule has 3 fully saturated rings. The normalized spacial score (nSPS) is 29.7. The Labute approximate surface area is 204 Å². The van der Waals surface area contributed by atoms with Gasteiger partial charge in [0.2, 0.25) is 17.7 Å². The molecule has 2 aromatic carbocycles. The van der Waals surface area contributed by atoms with Crippen molar-refractivity contribution >= 4 is 40.7 Å². The summed E-state index contributed by atoms with van der Waals surface area (Å²) in [5.74, 6) is -3.58. The Morgan fingerprint density at radius 2 is 1.91 bits per heavy atom. The van der Waals surface area contributed by atoms with Gasteiger partial charge in [-0.1, -0.05) is 36.7 Å². The van der Waals surface area contributed by atoms with E-state index in [0.717, 1.165) is 35.1 Å². The molecule has 0 bridgehead atoms. The second kappa shape index (κ2) is 7.30. The first kappa shape index (κ1) is 22.5. The van der Waals surface area contributed by atoms with E-state index in [0.29, 0.717) is 30.6 Å². The van der Waals surface area contributed by atoms with E-state index < -0.39 is 40.9 Å². The number of aryl methyl sites for hydroxylation is 1. The van der Waals surface area contributed by atoms with Gasteiger partial charge in [0, 0.05) is 17.3 Å². The van der Waals surface area contributed by atoms with Crippen molar-refractivity contribution in [1.82, 2.24) is 4.90 Å². The maximum atomic E-state index is 14.0. The summed E-state index contributed by atoms with van der Waals surface area (Å²) in [6, 6.07) is 7.76. The third kappa shape index (κ3) is 2.73. The van der Waals surface area contributed by atoms with Crippen LogP contribution in [-0.2, 0) is 32.5 Å². The minimum absolute atomic E-state index is 0.137. The molecule has 0 aliphatic carbocycles. The number of amides is 3. The second-order valence-corrected chi connectivity index (χ2v) is 9.90. The first-order valence-corrected chi connectivity index (χ1v) is 11.9. The van der Waals surface area contributed by atoms with Crippen molar-refractivity contribution in [1.29, 1.82) is 0 Å². The van der Waals surface area contributed by atoms with E-state index in [1.165, 1.54) is 0 Å². The Kier molecular flexibility index (Phi) is 4.70. The maximum Gasteiger partial charge on any atom is 0.416 e. The van der Waals surface area contributed by atoms with E-state index in [2.05, 4.69) is 5.32 Å². The minimum Gasteiger partial charge on any atom is -0.324 e. The molecule has 1 N–H and O–H groups in total. The fourth-order valence-corrected chi connectivity index (χ4v) is 6.89. The van der Waals surface area contributed by atoms with Gasteiger partial charge in [-0.05, 0) is 49.6 Å². The molecule has 0 unspecified atom stereocenters. The Morgan fingerprint density at radius 3 is 2.63 bits per heavy atom. The predicted molar refractivity (Wildman–Crippen MR) is 122 cm³/mol. The molecule has 1 spiro atoms. The quantitative estimate of drug-likeness (QED) is 0.619. The van der Waals surface area contributed by atoms with Gasteiger partial charge in [0.25, 0.3) is 0 Å². The van der Waals surface area contributed by atoms with Gasteiger partial charge in [0.1, 0.15) is 5.54 Å². The van der Waals surface area contributed by atoms with E-state index in [1.807, 2.05) is 30.0 Å². The smallest absolute Gasteiger partial charge is 0.324 e. The number of nitrogens with zero attached hydrogens (tertiary/aromatic N) is 2. The maximum absolute atomic E-state index is 14.0. The average molecular weight is 504 g/mol. The Bertz CT molecular complexity index is 1310. The van der Waals surface area contributed by atoms with Crippen molar-refractivity contribution in [2.24, 2.45) is 11.8 Å². The summed E-state index contributed by atoms with van der Waals surface area (Å²) in [6.45, 7) is 2.51. The van der Waals surface area contributed by atoms with Crippen LogP contribution in [0.2, 0.25) is 5.02 Å². The molecule has 3 saturated heterocycles. The fourth-order valence-electron chi connectivity index (χ4n) is 6.68. The number of nitrogens with one attached hydrogen (secondary N) is 1. The highest BCUT2D eigenvalue weighted by Gasteiger charge is 2.74. The van der Waals surface area contributed by atoms with E-state index in [1.54, 1.807) is 0 Å². The van der Waals surface area contributed by atoms with Gasteiger partial charge >= 0.3 is 6.18 Å². The summed E-state index contributed by atoms with van der Waals surface area (Å²) < 4.78 is 40.3. The van der Waals surface area contributed by atoms with Crippen LogP contribution in [0.15, 0.2) is 36.4 Å². The first-order valence-electron chi connectivity index (χ1n) is 11.6. The van der Waals surface area contributed by atoms with Crippen molar-refractivity contribution in [3.63, 3.8) is 0 Å². The van der Waals surface area contributed by atoms with Crippen LogP contribution in [0.25, 0.3) is 0 Å². The van der Waals surface area contributed by atoms with E-state index >= 15 is 0 Å². The molecular weight excluding hydrogens is 483 g/mol. The number of imide groups is 1. The molecule has 4 aliphatic rings. The molecule has 182 valence electrons. The zero-order chi connectivity index (χ0) is 24.9. The molecule has 6 rings (SSSR count). The summed E-state index contributed by atoms with van der Waals surface area (Å²) in [7, 11) is 0. The fraction of sp³-hybridized carbons (Fsp3) is 0.400. The van der Waals surface area contributed by atoms with Gasteiger partial charge in [0.05, 0.1) is 28.1 Å². The lowest BCUT2D eigenvalue weighted by Gasteiger charge is -2.36. The third-order valence-electron chi connectivity index (χ3n) is 8.01. The number of benzene rings is 2. The van der Waals surface area contributed by atoms with Crippen LogP contribution in [0.5, 0.6) is 0 Å². The van der Waals surface area contributed by atoms with Crippen molar-refractivity contribution in [2.75, 3.05) is 16.8 Å². The largest absolute Gasteiger partial charge is 0.416 e. The summed E-state index contributed by atoms with van der Waals surface area (Å²) >= 11 is 6.22. The summed E-state index contributed by atoms with van der Waals surface area (Å²) in [6.07, 6.45) is -2.65. The van der Waals surface area contributed by atoms with Gasteiger partial charge in [-0.2, -0.15) is 13.2 Å². The van der Waals surface area contributed by atoms with Crippen molar-refractivity contribution < 1.29 is 27.6 Å². The van der Waals surface area contributed by atoms with Crippen LogP contribution in [0.1, 0.15) is 36.5 Å². The lowest BCUT2D eigenvalue weighted by Crippen LogP contribution is -2.54. The highest BCUT2D eigenvalue weighted by Crippen LogP contribution is 2.61. The van der Waals surface area contributed by atoms with Gasteiger partial charge in [0.15, 0.2) is 0 Å². The molecule has 10 heteroatoms. The SMILES string of the molecule is CCc1cccc2c1NC(=O)[C@@]21[C@@H]2C(=O)N(c3cc(C(F)(F)F)ccc3Cl)C(=O)[C@H]2[C@@H]2CCCN21. The number of para-hydroxylation sites is 1. The zero-order valence-corrected chi connectivity index (χ0v) is 19.4. The second-order valence-electron chi connectivity index (χ2n) is 9.50. The Hall–Kier alpha value is -2.91. The molecule has 3 amide bonds.